The minimum atomic E-state index is -4.49. The van der Waals surface area contributed by atoms with E-state index in [0.29, 0.717) is 23.7 Å². The summed E-state index contributed by atoms with van der Waals surface area (Å²) >= 11 is 0. The molecule has 1 aliphatic rings. The Balaban J connectivity index is 1.66. The zero-order valence-electron chi connectivity index (χ0n) is 15.1. The van der Waals surface area contributed by atoms with E-state index >= 15 is 0 Å². The number of anilines is 2. The van der Waals surface area contributed by atoms with Crippen molar-refractivity contribution in [2.75, 3.05) is 11.1 Å². The zero-order valence-corrected chi connectivity index (χ0v) is 15.1. The maximum atomic E-state index is 13.0. The van der Waals surface area contributed by atoms with E-state index in [1.165, 1.54) is 18.5 Å². The van der Waals surface area contributed by atoms with Crippen LogP contribution in [0.25, 0.3) is 5.78 Å². The van der Waals surface area contributed by atoms with E-state index < -0.39 is 11.7 Å². The van der Waals surface area contributed by atoms with Crippen LogP contribution in [0.5, 0.6) is 0 Å². The fourth-order valence-electron chi connectivity index (χ4n) is 3.31. The minimum Gasteiger partial charge on any atom is -0.399 e. The van der Waals surface area contributed by atoms with E-state index in [4.69, 9.17) is 5.73 Å². The molecule has 0 atom stereocenters. The van der Waals surface area contributed by atoms with E-state index in [1.807, 2.05) is 0 Å². The summed E-state index contributed by atoms with van der Waals surface area (Å²) in [6.45, 7) is 4.17. The van der Waals surface area contributed by atoms with Crippen molar-refractivity contribution in [3.63, 3.8) is 0 Å². The van der Waals surface area contributed by atoms with Gasteiger partial charge in [-0.3, -0.25) is 9.20 Å². The number of nitrogens with zero attached hydrogens (tertiary/aromatic N) is 5. The van der Waals surface area contributed by atoms with Crippen LogP contribution in [0.15, 0.2) is 37.2 Å². The van der Waals surface area contributed by atoms with Gasteiger partial charge >= 0.3 is 6.18 Å². The van der Waals surface area contributed by atoms with Gasteiger partial charge in [-0.25, -0.2) is 0 Å². The average Bonchev–Trinajstić information content (AvgIpc) is 3.30. The van der Waals surface area contributed by atoms with E-state index in [-0.39, 0.29) is 24.7 Å². The van der Waals surface area contributed by atoms with Gasteiger partial charge in [0.15, 0.2) is 0 Å². The number of aromatic nitrogens is 4. The smallest absolute Gasteiger partial charge is 0.399 e. The molecule has 0 bridgehead atoms. The molecule has 0 fully saturated rings. The number of rotatable bonds is 4. The van der Waals surface area contributed by atoms with Crippen LogP contribution >= 0.6 is 0 Å². The summed E-state index contributed by atoms with van der Waals surface area (Å²) in [5.41, 5.74) is 6.70. The molecule has 0 saturated carbocycles. The largest absolute Gasteiger partial charge is 0.416 e. The summed E-state index contributed by atoms with van der Waals surface area (Å²) in [5, 5.41) is 10.8. The number of hydrogen-bond donors (Lipinski definition) is 2. The lowest BCUT2D eigenvalue weighted by Crippen LogP contribution is -2.23. The van der Waals surface area contributed by atoms with E-state index in [2.05, 4.69) is 27.1 Å². The van der Waals surface area contributed by atoms with Crippen molar-refractivity contribution in [1.82, 2.24) is 24.5 Å². The van der Waals surface area contributed by atoms with E-state index in [1.54, 1.807) is 9.30 Å². The molecule has 4 rings (SSSR count). The molecular weight excluding hydrogens is 387 g/mol. The monoisotopic (exact) mass is 403 g/mol. The van der Waals surface area contributed by atoms with Crippen molar-refractivity contribution in [2.45, 2.75) is 25.8 Å². The summed E-state index contributed by atoms with van der Waals surface area (Å²) in [7, 11) is 0. The number of nitrogens with one attached hydrogen (secondary N) is 1. The Kier molecular flexibility index (Phi) is 4.36. The predicted octanol–water partition coefficient (Wildman–Crippen LogP) is 2.37. The molecule has 1 aromatic carbocycles. The van der Waals surface area contributed by atoms with Crippen LogP contribution in [0.1, 0.15) is 22.4 Å². The Hall–Kier alpha value is -3.63. The SMILES string of the molecule is C=CC(=O)N1Cc2c(NCc3cc(N)cc(C(F)(F)F)c3)nc3nncn3c2C1. The number of amides is 1. The lowest BCUT2D eigenvalue weighted by Gasteiger charge is -2.14. The quantitative estimate of drug-likeness (QED) is 0.512. The fraction of sp³-hybridized carbons (Fsp3) is 0.222. The number of benzene rings is 1. The molecule has 0 radical (unpaired) electrons. The molecule has 11 heteroatoms. The van der Waals surface area contributed by atoms with Crippen LogP contribution in [0.3, 0.4) is 0 Å². The maximum Gasteiger partial charge on any atom is 0.416 e. The van der Waals surface area contributed by atoms with Crippen LogP contribution in [-0.4, -0.2) is 30.4 Å². The van der Waals surface area contributed by atoms with Crippen molar-refractivity contribution in [1.29, 1.82) is 0 Å². The number of hydrogen-bond acceptors (Lipinski definition) is 6. The Morgan fingerprint density at radius 1 is 1.31 bits per heavy atom. The van der Waals surface area contributed by atoms with Crippen LogP contribution in [0, 0.1) is 0 Å². The molecule has 3 aromatic rings. The fourth-order valence-corrected chi connectivity index (χ4v) is 3.31. The highest BCUT2D eigenvalue weighted by Crippen LogP contribution is 2.32. The molecule has 0 unspecified atom stereocenters. The first-order valence-electron chi connectivity index (χ1n) is 8.59. The number of alkyl halides is 3. The third-order valence-electron chi connectivity index (χ3n) is 4.64. The average molecular weight is 403 g/mol. The van der Waals surface area contributed by atoms with Crippen LogP contribution in [0.2, 0.25) is 0 Å². The molecule has 3 N–H and O–H groups in total. The van der Waals surface area contributed by atoms with Crippen molar-refractivity contribution >= 4 is 23.2 Å². The van der Waals surface area contributed by atoms with E-state index in [9.17, 15) is 18.0 Å². The molecule has 1 amide bonds. The number of carbonyl (C=O) groups is 1. The Labute approximate surface area is 162 Å². The summed E-state index contributed by atoms with van der Waals surface area (Å²) in [5.74, 6) is 0.512. The van der Waals surface area contributed by atoms with Gasteiger partial charge in [-0.1, -0.05) is 6.58 Å². The van der Waals surface area contributed by atoms with Gasteiger partial charge in [0, 0.05) is 17.8 Å². The van der Waals surface area contributed by atoms with Gasteiger partial charge in [0.1, 0.15) is 12.1 Å². The third kappa shape index (κ3) is 3.46. The van der Waals surface area contributed by atoms with Crippen LogP contribution in [0.4, 0.5) is 24.7 Å². The van der Waals surface area contributed by atoms with E-state index in [0.717, 1.165) is 23.4 Å². The second kappa shape index (κ2) is 6.76. The first-order chi connectivity index (χ1) is 13.8. The lowest BCUT2D eigenvalue weighted by atomic mass is 10.1. The second-order valence-electron chi connectivity index (χ2n) is 6.60. The lowest BCUT2D eigenvalue weighted by molar-refractivity contribution is -0.137. The molecule has 0 spiro atoms. The van der Waals surface area contributed by atoms with Gasteiger partial charge in [0.05, 0.1) is 24.3 Å². The summed E-state index contributed by atoms with van der Waals surface area (Å²) < 4.78 is 40.8. The van der Waals surface area contributed by atoms with Crippen molar-refractivity contribution in [3.05, 3.63) is 59.6 Å². The highest BCUT2D eigenvalue weighted by molar-refractivity contribution is 5.87. The molecule has 8 nitrogen and oxygen atoms in total. The Bertz CT molecular complexity index is 1120. The van der Waals surface area contributed by atoms with Crippen molar-refractivity contribution in [3.8, 4) is 0 Å². The molecule has 0 aliphatic carbocycles. The topological polar surface area (TPSA) is 101 Å². The number of nitrogens with two attached hydrogens (primary N) is 1. The summed E-state index contributed by atoms with van der Waals surface area (Å²) in [6, 6.07) is 3.39. The van der Waals surface area contributed by atoms with Gasteiger partial charge in [-0.05, 0) is 29.8 Å². The van der Waals surface area contributed by atoms with Crippen LogP contribution in [-0.2, 0) is 30.6 Å². The standard InChI is InChI=1S/C18H16F3N7O/c1-2-15(29)27-7-13-14(8-27)28-9-24-26-17(28)25-16(13)23-6-10-3-11(18(19,20)21)5-12(22)4-10/h2-5,9H,1,6-8,22H2,(H,23,25,26). The molecule has 1 aliphatic heterocycles. The molecule has 3 heterocycles. The first kappa shape index (κ1) is 18.7. The number of fused-ring (bicyclic) bond motifs is 3. The number of nitrogen functional groups attached to an aromatic ring is 1. The van der Waals surface area contributed by atoms with Gasteiger partial charge in [-0.15, -0.1) is 10.2 Å². The normalized spacial score (nSPS) is 13.6. The Morgan fingerprint density at radius 3 is 2.83 bits per heavy atom. The third-order valence-corrected chi connectivity index (χ3v) is 4.64. The summed E-state index contributed by atoms with van der Waals surface area (Å²) in [4.78, 5) is 18.0. The zero-order chi connectivity index (χ0) is 20.8. The first-order valence-corrected chi connectivity index (χ1v) is 8.59. The van der Waals surface area contributed by atoms with Crippen LogP contribution < -0.4 is 11.1 Å². The molecule has 0 saturated heterocycles. The van der Waals surface area contributed by atoms with Gasteiger partial charge in [0.25, 0.3) is 5.78 Å². The molecular formula is C18H16F3N7O. The minimum absolute atomic E-state index is 0.0190. The van der Waals surface area contributed by atoms with Gasteiger partial charge < -0.3 is 16.0 Å². The number of halogens is 3. The van der Waals surface area contributed by atoms with Gasteiger partial charge in [0.2, 0.25) is 5.91 Å². The highest BCUT2D eigenvalue weighted by Gasteiger charge is 2.31. The highest BCUT2D eigenvalue weighted by atomic mass is 19.4. The summed E-state index contributed by atoms with van der Waals surface area (Å²) in [6.07, 6.45) is -1.77. The second-order valence-corrected chi connectivity index (χ2v) is 6.60. The van der Waals surface area contributed by atoms with Gasteiger partial charge in [-0.2, -0.15) is 18.2 Å². The molecule has 2 aromatic heterocycles. The number of carbonyl (C=O) groups excluding carboxylic acids is 1. The van der Waals surface area contributed by atoms with Crippen molar-refractivity contribution in [2.24, 2.45) is 0 Å². The maximum absolute atomic E-state index is 13.0. The molecule has 29 heavy (non-hydrogen) atoms. The Morgan fingerprint density at radius 2 is 2.10 bits per heavy atom. The predicted molar refractivity (Wildman–Crippen MR) is 98.4 cm³/mol. The van der Waals surface area contributed by atoms with Crippen molar-refractivity contribution < 1.29 is 18.0 Å². The molecule has 150 valence electrons.